The first-order chi connectivity index (χ1) is 11.8. The Morgan fingerprint density at radius 1 is 1.28 bits per heavy atom. The maximum Gasteiger partial charge on any atom is 0.240 e. The van der Waals surface area contributed by atoms with E-state index in [0.717, 1.165) is 10.5 Å². The number of para-hydroxylation sites is 1. The van der Waals surface area contributed by atoms with Crippen LogP contribution < -0.4 is 5.32 Å². The van der Waals surface area contributed by atoms with Gasteiger partial charge in [0.15, 0.2) is 0 Å². The summed E-state index contributed by atoms with van der Waals surface area (Å²) in [5, 5.41) is 3.91. The van der Waals surface area contributed by atoms with E-state index in [2.05, 4.69) is 16.4 Å². The van der Waals surface area contributed by atoms with Crippen molar-refractivity contribution in [1.29, 1.82) is 0 Å². The van der Waals surface area contributed by atoms with Crippen LogP contribution in [0.3, 0.4) is 0 Å². The largest absolute Gasteiger partial charge is 0.350 e. The summed E-state index contributed by atoms with van der Waals surface area (Å²) < 4.78 is 1.17. The first kappa shape index (κ1) is 19.7. The molecule has 0 bridgehead atoms. The third kappa shape index (κ3) is 6.32. The highest BCUT2D eigenvalue weighted by Crippen LogP contribution is 2.24. The fourth-order valence-corrected chi connectivity index (χ4v) is 4.25. The Balaban J connectivity index is 1.82. The van der Waals surface area contributed by atoms with Crippen molar-refractivity contribution in [2.45, 2.75) is 39.0 Å². The molecular formula is C18H25N3O2S2. The number of fused-ring (bicyclic) bond motifs is 1. The van der Waals surface area contributed by atoms with Crippen LogP contribution in [-0.2, 0) is 15.3 Å². The van der Waals surface area contributed by atoms with Gasteiger partial charge in [0, 0.05) is 17.8 Å². The number of benzene rings is 1. The normalized spacial score (nSPS) is 11.5. The molecule has 7 heteroatoms. The maximum atomic E-state index is 12.3. The van der Waals surface area contributed by atoms with Crippen LogP contribution in [0.4, 0.5) is 0 Å². The predicted octanol–water partition coefficient (Wildman–Crippen LogP) is 3.29. The van der Waals surface area contributed by atoms with Crippen LogP contribution in [-0.4, -0.2) is 46.1 Å². The molecule has 0 fully saturated rings. The van der Waals surface area contributed by atoms with Crippen molar-refractivity contribution in [3.05, 3.63) is 29.3 Å². The molecule has 25 heavy (non-hydrogen) atoms. The first-order valence-corrected chi connectivity index (χ1v) is 10.3. The first-order valence-electron chi connectivity index (χ1n) is 8.29. The number of thiazole rings is 1. The van der Waals surface area contributed by atoms with E-state index < -0.39 is 0 Å². The molecule has 0 saturated heterocycles. The van der Waals surface area contributed by atoms with E-state index in [1.54, 1.807) is 16.2 Å². The fourth-order valence-electron chi connectivity index (χ4n) is 2.31. The number of rotatable bonds is 7. The van der Waals surface area contributed by atoms with Crippen LogP contribution in [0.5, 0.6) is 0 Å². The Hall–Kier alpha value is -1.60. The van der Waals surface area contributed by atoms with E-state index in [9.17, 15) is 9.59 Å². The average molecular weight is 380 g/mol. The number of nitrogens with one attached hydrogen (secondary N) is 1. The number of carbonyl (C=O) groups is 2. The second-order valence-corrected chi connectivity index (χ2v) is 8.88. The highest BCUT2D eigenvalue weighted by atomic mass is 32.2. The zero-order valence-electron chi connectivity index (χ0n) is 15.2. The summed E-state index contributed by atoms with van der Waals surface area (Å²) >= 11 is 3.20. The number of aromatic nitrogens is 1. The highest BCUT2D eigenvalue weighted by molar-refractivity contribution is 7.99. The second-order valence-electron chi connectivity index (χ2n) is 6.77. The average Bonchev–Trinajstić information content (AvgIpc) is 2.93. The smallest absolute Gasteiger partial charge is 0.240 e. The summed E-state index contributed by atoms with van der Waals surface area (Å²) in [4.78, 5) is 30.5. The van der Waals surface area contributed by atoms with Gasteiger partial charge in [0.2, 0.25) is 11.8 Å². The van der Waals surface area contributed by atoms with Gasteiger partial charge in [-0.2, -0.15) is 0 Å². The minimum atomic E-state index is -0.291. The molecule has 0 aliphatic carbocycles. The fraction of sp³-hybridized carbons (Fsp3) is 0.500. The minimum Gasteiger partial charge on any atom is -0.350 e. The number of carbonyl (C=O) groups excluding carboxylic acids is 2. The van der Waals surface area contributed by atoms with E-state index in [4.69, 9.17) is 0 Å². The number of amides is 2. The van der Waals surface area contributed by atoms with Gasteiger partial charge in [-0.25, -0.2) is 4.98 Å². The minimum absolute atomic E-state index is 0.0160. The van der Waals surface area contributed by atoms with Gasteiger partial charge >= 0.3 is 0 Å². The zero-order chi connectivity index (χ0) is 18.4. The van der Waals surface area contributed by atoms with E-state index >= 15 is 0 Å². The Morgan fingerprint density at radius 3 is 2.64 bits per heavy atom. The molecule has 1 aromatic carbocycles. The lowest BCUT2D eigenvalue weighted by molar-refractivity contribution is -0.134. The number of nitrogens with zero attached hydrogens (tertiary/aromatic N) is 2. The maximum absolute atomic E-state index is 12.3. The Bertz CT molecular complexity index is 704. The lowest BCUT2D eigenvalue weighted by Gasteiger charge is -2.25. The molecule has 0 saturated carbocycles. The lowest BCUT2D eigenvalue weighted by Crippen LogP contribution is -2.47. The highest BCUT2D eigenvalue weighted by Gasteiger charge is 2.19. The van der Waals surface area contributed by atoms with Crippen molar-refractivity contribution in [3.8, 4) is 0 Å². The molecule has 5 nitrogen and oxygen atoms in total. The number of thioether (sulfide) groups is 1. The number of hydrogen-bond donors (Lipinski definition) is 1. The van der Waals surface area contributed by atoms with Crippen molar-refractivity contribution in [3.63, 3.8) is 0 Å². The molecule has 0 radical (unpaired) electrons. The molecule has 0 atom stereocenters. The lowest BCUT2D eigenvalue weighted by atomic mass is 10.1. The van der Waals surface area contributed by atoms with Crippen LogP contribution >= 0.6 is 23.1 Å². The van der Waals surface area contributed by atoms with Crippen LogP contribution in [0.1, 0.15) is 32.7 Å². The molecule has 0 aliphatic heterocycles. The molecule has 1 N–H and O–H groups in total. The summed E-state index contributed by atoms with van der Waals surface area (Å²) in [7, 11) is 0. The Kier molecular flexibility index (Phi) is 6.84. The summed E-state index contributed by atoms with van der Waals surface area (Å²) in [6.07, 6.45) is 0. The van der Waals surface area contributed by atoms with Gasteiger partial charge in [-0.3, -0.25) is 9.59 Å². The molecule has 136 valence electrons. The van der Waals surface area contributed by atoms with Gasteiger partial charge in [-0.15, -0.1) is 23.1 Å². The summed E-state index contributed by atoms with van der Waals surface area (Å²) in [6.45, 7) is 8.30. The number of hydrogen-bond acceptors (Lipinski definition) is 5. The van der Waals surface area contributed by atoms with Crippen molar-refractivity contribution >= 4 is 45.1 Å². The van der Waals surface area contributed by atoms with E-state index in [1.807, 2.05) is 45.9 Å². The standard InChI is InChI=1S/C18H25N3O2S2/c1-5-21(10-15(22)20-18(2,3)4)17(23)12-24-11-16-19-13-8-6-7-9-14(13)25-16/h6-9H,5,10-12H2,1-4H3,(H,20,22). The van der Waals surface area contributed by atoms with Gasteiger partial charge in [0.05, 0.1) is 22.5 Å². The molecule has 2 rings (SSSR count). The Morgan fingerprint density at radius 2 is 2.00 bits per heavy atom. The van der Waals surface area contributed by atoms with E-state index in [1.165, 1.54) is 16.5 Å². The topological polar surface area (TPSA) is 62.3 Å². The van der Waals surface area contributed by atoms with Crippen LogP contribution in [0.15, 0.2) is 24.3 Å². The zero-order valence-corrected chi connectivity index (χ0v) is 16.8. The molecule has 0 aliphatic rings. The molecular weight excluding hydrogens is 354 g/mol. The molecule has 2 aromatic rings. The summed E-state index contributed by atoms with van der Waals surface area (Å²) in [5.74, 6) is 0.917. The van der Waals surface area contributed by atoms with Crippen LogP contribution in [0, 0.1) is 0 Å². The summed E-state index contributed by atoms with van der Waals surface area (Å²) in [6, 6.07) is 8.03. The van der Waals surface area contributed by atoms with Gasteiger partial charge in [-0.1, -0.05) is 12.1 Å². The quantitative estimate of drug-likeness (QED) is 0.802. The second kappa shape index (κ2) is 8.67. The van der Waals surface area contributed by atoms with Gasteiger partial charge in [0.25, 0.3) is 0 Å². The molecule has 0 unspecified atom stereocenters. The van der Waals surface area contributed by atoms with E-state index in [-0.39, 0.29) is 23.9 Å². The molecule has 1 heterocycles. The van der Waals surface area contributed by atoms with Crippen LogP contribution in [0.2, 0.25) is 0 Å². The SMILES string of the molecule is CCN(CC(=O)NC(C)(C)C)C(=O)CSCc1nc2ccccc2s1. The van der Waals surface area contributed by atoms with Gasteiger partial charge in [-0.05, 0) is 39.8 Å². The monoisotopic (exact) mass is 379 g/mol. The van der Waals surface area contributed by atoms with Crippen molar-refractivity contribution in [2.24, 2.45) is 0 Å². The van der Waals surface area contributed by atoms with Gasteiger partial charge in [0.1, 0.15) is 5.01 Å². The van der Waals surface area contributed by atoms with Crippen molar-refractivity contribution in [2.75, 3.05) is 18.8 Å². The van der Waals surface area contributed by atoms with Crippen molar-refractivity contribution in [1.82, 2.24) is 15.2 Å². The molecule has 2 amide bonds. The third-order valence-corrected chi connectivity index (χ3v) is 5.52. The summed E-state index contributed by atoms with van der Waals surface area (Å²) in [5.41, 5.74) is 0.713. The van der Waals surface area contributed by atoms with Crippen molar-refractivity contribution < 1.29 is 9.59 Å². The van der Waals surface area contributed by atoms with Crippen LogP contribution in [0.25, 0.3) is 10.2 Å². The molecule has 0 spiro atoms. The van der Waals surface area contributed by atoms with E-state index in [0.29, 0.717) is 18.1 Å². The Labute approximate surface area is 157 Å². The van der Waals surface area contributed by atoms with Gasteiger partial charge < -0.3 is 10.2 Å². The third-order valence-electron chi connectivity index (χ3n) is 3.37. The predicted molar refractivity (Wildman–Crippen MR) is 106 cm³/mol. The number of likely N-dealkylation sites (N-methyl/N-ethyl adjacent to an activating group) is 1. The molecule has 1 aromatic heterocycles.